The smallest absolute Gasteiger partial charge is 0.255 e. The molecule has 0 aliphatic heterocycles. The van der Waals surface area contributed by atoms with Gasteiger partial charge in [-0.05, 0) is 37.5 Å². The average Bonchev–Trinajstić information content (AvgIpc) is 2.29. The highest BCUT2D eigenvalue weighted by Gasteiger charge is 2.20. The van der Waals surface area contributed by atoms with Gasteiger partial charge in [-0.3, -0.25) is 4.79 Å². The fourth-order valence-corrected chi connectivity index (χ4v) is 2.14. The molecule has 0 aromatic heterocycles. The number of nitrogens with zero attached hydrogens (tertiary/aromatic N) is 1. The molecule has 1 unspecified atom stereocenters. The Labute approximate surface area is 114 Å². The van der Waals surface area contributed by atoms with Gasteiger partial charge in [0.25, 0.3) is 5.91 Å². The normalized spacial score (nSPS) is 12.6. The minimum Gasteiger partial charge on any atom is -0.399 e. The minimum absolute atomic E-state index is 0.0829. The molecule has 0 aliphatic rings. The summed E-state index contributed by atoms with van der Waals surface area (Å²) in [6, 6.07) is 5.15. The van der Waals surface area contributed by atoms with E-state index in [1.807, 2.05) is 6.92 Å². The van der Waals surface area contributed by atoms with Crippen LogP contribution in [0.3, 0.4) is 0 Å². The lowest BCUT2D eigenvalue weighted by atomic mass is 10.0. The number of nitrogen functional groups attached to an aromatic ring is 1. The predicted octanol–water partition coefficient (Wildman–Crippen LogP) is 3.43. The molecule has 0 heterocycles. The van der Waals surface area contributed by atoms with Crippen molar-refractivity contribution >= 4 is 23.2 Å². The quantitative estimate of drug-likeness (QED) is 0.851. The summed E-state index contributed by atoms with van der Waals surface area (Å²) in [6.45, 7) is 6.32. The second-order valence-electron chi connectivity index (χ2n) is 5.13. The molecule has 1 atom stereocenters. The van der Waals surface area contributed by atoms with E-state index in [0.717, 1.165) is 6.42 Å². The van der Waals surface area contributed by atoms with Crippen LogP contribution in [0.25, 0.3) is 0 Å². The highest BCUT2D eigenvalue weighted by molar-refractivity contribution is 6.34. The topological polar surface area (TPSA) is 46.3 Å². The largest absolute Gasteiger partial charge is 0.399 e. The number of hydrogen-bond acceptors (Lipinski definition) is 2. The minimum atomic E-state index is -0.0829. The third-order valence-electron chi connectivity index (χ3n) is 3.01. The van der Waals surface area contributed by atoms with Crippen LogP contribution in [0.15, 0.2) is 18.2 Å². The molecule has 4 heteroatoms. The van der Waals surface area contributed by atoms with Crippen molar-refractivity contribution in [3.8, 4) is 0 Å². The van der Waals surface area contributed by atoms with Crippen LogP contribution in [0, 0.1) is 5.92 Å². The first-order valence-corrected chi connectivity index (χ1v) is 6.53. The molecule has 0 radical (unpaired) electrons. The van der Waals surface area contributed by atoms with Gasteiger partial charge in [0.05, 0.1) is 10.6 Å². The van der Waals surface area contributed by atoms with Crippen molar-refractivity contribution in [2.75, 3.05) is 12.8 Å². The molecule has 100 valence electrons. The van der Waals surface area contributed by atoms with E-state index in [1.165, 1.54) is 0 Å². The van der Waals surface area contributed by atoms with Crippen LogP contribution in [0.4, 0.5) is 5.69 Å². The number of hydrogen-bond donors (Lipinski definition) is 1. The fourth-order valence-electron chi connectivity index (χ4n) is 1.94. The molecule has 1 amide bonds. The van der Waals surface area contributed by atoms with Crippen LogP contribution >= 0.6 is 11.6 Å². The third kappa shape index (κ3) is 3.64. The standard InChI is InChI=1S/C14H21ClN2O/c1-9(2)7-10(3)17(4)14(18)12-8-11(16)5-6-13(12)15/h5-6,8-10H,7,16H2,1-4H3. The highest BCUT2D eigenvalue weighted by Crippen LogP contribution is 2.22. The van der Waals surface area contributed by atoms with Crippen LogP contribution in [0.2, 0.25) is 5.02 Å². The molecule has 0 spiro atoms. The molecular weight excluding hydrogens is 248 g/mol. The molecule has 3 nitrogen and oxygen atoms in total. The zero-order valence-corrected chi connectivity index (χ0v) is 12.2. The van der Waals surface area contributed by atoms with Gasteiger partial charge < -0.3 is 10.6 Å². The van der Waals surface area contributed by atoms with E-state index >= 15 is 0 Å². The Balaban J connectivity index is 2.89. The van der Waals surface area contributed by atoms with Gasteiger partial charge in [0.2, 0.25) is 0 Å². The molecular formula is C14H21ClN2O. The summed E-state index contributed by atoms with van der Waals surface area (Å²) in [6.07, 6.45) is 0.960. The highest BCUT2D eigenvalue weighted by atomic mass is 35.5. The zero-order valence-electron chi connectivity index (χ0n) is 11.4. The van der Waals surface area contributed by atoms with E-state index in [2.05, 4.69) is 13.8 Å². The van der Waals surface area contributed by atoms with Crippen molar-refractivity contribution in [3.05, 3.63) is 28.8 Å². The SMILES string of the molecule is CC(C)CC(C)N(C)C(=O)c1cc(N)ccc1Cl. The van der Waals surface area contributed by atoms with E-state index in [-0.39, 0.29) is 11.9 Å². The molecule has 0 bridgehead atoms. The van der Waals surface area contributed by atoms with Crippen molar-refractivity contribution in [1.82, 2.24) is 4.90 Å². The number of anilines is 1. The average molecular weight is 269 g/mol. The fraction of sp³-hybridized carbons (Fsp3) is 0.500. The second kappa shape index (κ2) is 6.10. The molecule has 0 saturated carbocycles. The molecule has 0 fully saturated rings. The number of carbonyl (C=O) groups excluding carboxylic acids is 1. The molecule has 1 rings (SSSR count). The summed E-state index contributed by atoms with van der Waals surface area (Å²) in [5, 5.41) is 0.442. The van der Waals surface area contributed by atoms with Gasteiger partial charge in [-0.25, -0.2) is 0 Å². The van der Waals surface area contributed by atoms with Crippen LogP contribution in [0.1, 0.15) is 37.6 Å². The number of benzene rings is 1. The number of nitrogens with two attached hydrogens (primary N) is 1. The molecule has 1 aromatic carbocycles. The summed E-state index contributed by atoms with van der Waals surface area (Å²) in [5.41, 5.74) is 6.71. The molecule has 18 heavy (non-hydrogen) atoms. The Morgan fingerprint density at radius 1 is 1.39 bits per heavy atom. The number of halogens is 1. The molecule has 1 aromatic rings. The lowest BCUT2D eigenvalue weighted by Gasteiger charge is -2.26. The van der Waals surface area contributed by atoms with Crippen molar-refractivity contribution in [3.63, 3.8) is 0 Å². The van der Waals surface area contributed by atoms with Crippen LogP contribution < -0.4 is 5.73 Å². The Hall–Kier alpha value is -1.22. The van der Waals surface area contributed by atoms with Gasteiger partial charge in [-0.15, -0.1) is 0 Å². The van der Waals surface area contributed by atoms with Crippen molar-refractivity contribution < 1.29 is 4.79 Å². The number of amides is 1. The van der Waals surface area contributed by atoms with Crippen molar-refractivity contribution in [1.29, 1.82) is 0 Å². The zero-order chi connectivity index (χ0) is 13.9. The van der Waals surface area contributed by atoms with E-state index in [0.29, 0.717) is 22.2 Å². The van der Waals surface area contributed by atoms with E-state index in [4.69, 9.17) is 17.3 Å². The maximum absolute atomic E-state index is 12.3. The van der Waals surface area contributed by atoms with Crippen molar-refractivity contribution in [2.24, 2.45) is 5.92 Å². The Morgan fingerprint density at radius 2 is 2.00 bits per heavy atom. The van der Waals surface area contributed by atoms with Crippen LogP contribution in [0.5, 0.6) is 0 Å². The van der Waals surface area contributed by atoms with Gasteiger partial charge in [-0.2, -0.15) is 0 Å². The van der Waals surface area contributed by atoms with Gasteiger partial charge in [0.15, 0.2) is 0 Å². The summed E-state index contributed by atoms with van der Waals surface area (Å²) >= 11 is 6.04. The maximum atomic E-state index is 12.3. The molecule has 0 aliphatic carbocycles. The van der Waals surface area contributed by atoms with Gasteiger partial charge in [0, 0.05) is 18.8 Å². The number of rotatable bonds is 4. The first kappa shape index (κ1) is 14.8. The maximum Gasteiger partial charge on any atom is 0.255 e. The second-order valence-corrected chi connectivity index (χ2v) is 5.54. The lowest BCUT2D eigenvalue weighted by molar-refractivity contribution is 0.0728. The summed E-state index contributed by atoms with van der Waals surface area (Å²) in [4.78, 5) is 14.0. The van der Waals surface area contributed by atoms with E-state index in [9.17, 15) is 4.79 Å². The van der Waals surface area contributed by atoms with Gasteiger partial charge >= 0.3 is 0 Å². The van der Waals surface area contributed by atoms with Crippen LogP contribution in [-0.4, -0.2) is 23.9 Å². The van der Waals surface area contributed by atoms with Gasteiger partial charge in [0.1, 0.15) is 0 Å². The lowest BCUT2D eigenvalue weighted by Crippen LogP contribution is -2.36. The monoisotopic (exact) mass is 268 g/mol. The Kier molecular flexibility index (Phi) is 5.03. The summed E-state index contributed by atoms with van der Waals surface area (Å²) in [5.74, 6) is 0.465. The van der Waals surface area contributed by atoms with E-state index in [1.54, 1.807) is 30.1 Å². The molecule has 2 N–H and O–H groups in total. The van der Waals surface area contributed by atoms with Crippen molar-refractivity contribution in [2.45, 2.75) is 33.2 Å². The third-order valence-corrected chi connectivity index (χ3v) is 3.34. The Morgan fingerprint density at radius 3 is 2.56 bits per heavy atom. The van der Waals surface area contributed by atoms with Crippen LogP contribution in [-0.2, 0) is 0 Å². The van der Waals surface area contributed by atoms with E-state index < -0.39 is 0 Å². The number of carbonyl (C=O) groups is 1. The predicted molar refractivity (Wildman–Crippen MR) is 76.9 cm³/mol. The first-order chi connectivity index (χ1) is 8.32. The summed E-state index contributed by atoms with van der Waals surface area (Å²) in [7, 11) is 1.80. The first-order valence-electron chi connectivity index (χ1n) is 6.15. The Bertz CT molecular complexity index is 432. The summed E-state index contributed by atoms with van der Waals surface area (Å²) < 4.78 is 0. The van der Waals surface area contributed by atoms with Gasteiger partial charge in [-0.1, -0.05) is 25.4 Å². The molecule has 0 saturated heterocycles.